The van der Waals surface area contributed by atoms with Crippen molar-refractivity contribution in [3.63, 3.8) is 0 Å². The number of methoxy groups -OCH3 is 1. The molecule has 2 aromatic heterocycles. The molecule has 0 aliphatic carbocycles. The van der Waals surface area contributed by atoms with E-state index < -0.39 is 0 Å². The van der Waals surface area contributed by atoms with E-state index in [-0.39, 0.29) is 11.8 Å². The smallest absolute Gasteiger partial charge is 0.323 e. The number of carbonyl (C=O) groups is 1. The van der Waals surface area contributed by atoms with Gasteiger partial charge in [-0.3, -0.25) is 5.32 Å². The number of rotatable bonds is 4. The third-order valence-electron chi connectivity index (χ3n) is 4.91. The zero-order valence-corrected chi connectivity index (χ0v) is 16.2. The van der Waals surface area contributed by atoms with Crippen LogP contribution in [0.3, 0.4) is 0 Å². The molecule has 1 saturated heterocycles. The highest BCUT2D eigenvalue weighted by Crippen LogP contribution is 2.29. The number of hydrogen-bond donors (Lipinski definition) is 1. The van der Waals surface area contributed by atoms with Crippen LogP contribution >= 0.6 is 11.3 Å². The molecular weight excluding hydrogens is 381 g/mol. The number of aromatic nitrogens is 3. The molecule has 0 bridgehead atoms. The summed E-state index contributed by atoms with van der Waals surface area (Å²) < 4.78 is 18.2. The highest BCUT2D eigenvalue weighted by atomic mass is 32.1. The molecule has 3 aromatic rings. The lowest BCUT2D eigenvalue weighted by molar-refractivity contribution is 0.182. The van der Waals surface area contributed by atoms with Crippen LogP contribution in [0.5, 0.6) is 5.88 Å². The third kappa shape index (κ3) is 4.04. The second-order valence-corrected chi connectivity index (χ2v) is 7.72. The zero-order chi connectivity index (χ0) is 19.5. The van der Waals surface area contributed by atoms with Crippen LogP contribution in [-0.2, 0) is 6.42 Å². The fraction of sp³-hybridized carbons (Fsp3) is 0.368. The van der Waals surface area contributed by atoms with Gasteiger partial charge in [0.1, 0.15) is 12.1 Å². The molecule has 4 rings (SSSR count). The molecule has 2 amide bonds. The van der Waals surface area contributed by atoms with Gasteiger partial charge in [0, 0.05) is 13.1 Å². The predicted molar refractivity (Wildman–Crippen MR) is 105 cm³/mol. The zero-order valence-electron chi connectivity index (χ0n) is 15.4. The van der Waals surface area contributed by atoms with Crippen LogP contribution in [0.25, 0.3) is 10.3 Å². The molecule has 9 heteroatoms. The highest BCUT2D eigenvalue weighted by molar-refractivity contribution is 7.22. The van der Waals surface area contributed by atoms with Crippen LogP contribution in [0.1, 0.15) is 18.4 Å². The number of thiazole rings is 1. The molecule has 0 saturated carbocycles. The number of amides is 2. The molecular formula is C19H20FN5O2S. The molecule has 0 unspecified atom stereocenters. The third-order valence-corrected chi connectivity index (χ3v) is 5.79. The van der Waals surface area contributed by atoms with Gasteiger partial charge < -0.3 is 9.64 Å². The normalized spacial score (nSPS) is 15.0. The summed E-state index contributed by atoms with van der Waals surface area (Å²) >= 11 is 1.29. The predicted octanol–water partition coefficient (Wildman–Crippen LogP) is 3.72. The molecule has 0 spiro atoms. The van der Waals surface area contributed by atoms with Crippen molar-refractivity contribution in [1.29, 1.82) is 0 Å². The standard InChI is InChI=1S/C19H20FN5O2S/c1-27-16-15-17(22-11-21-16)28-18(23-15)24-19(26)25-8-6-13(7-9-25)10-12-2-4-14(20)5-3-12/h2-5,11,13H,6-10H2,1H3,(H,23,24,26). The number of ether oxygens (including phenoxy) is 1. The maximum atomic E-state index is 13.0. The summed E-state index contributed by atoms with van der Waals surface area (Å²) in [5, 5.41) is 3.33. The fourth-order valence-corrected chi connectivity index (χ4v) is 4.19. The maximum absolute atomic E-state index is 13.0. The second kappa shape index (κ2) is 8.05. The number of nitrogens with one attached hydrogen (secondary N) is 1. The van der Waals surface area contributed by atoms with E-state index in [2.05, 4.69) is 20.3 Å². The molecule has 1 N–H and O–H groups in total. The first kappa shape index (κ1) is 18.5. The number of piperidine rings is 1. The SMILES string of the molecule is COc1ncnc2sc(NC(=O)N3CCC(Cc4ccc(F)cc4)CC3)nc12. The highest BCUT2D eigenvalue weighted by Gasteiger charge is 2.24. The molecule has 1 fully saturated rings. The van der Waals surface area contributed by atoms with E-state index in [1.807, 2.05) is 12.1 Å². The molecule has 28 heavy (non-hydrogen) atoms. The molecule has 1 aromatic carbocycles. The molecule has 1 aliphatic rings. The minimum atomic E-state index is -0.214. The minimum Gasteiger partial charge on any atom is -0.479 e. The van der Waals surface area contributed by atoms with Crippen molar-refractivity contribution in [3.8, 4) is 5.88 Å². The summed E-state index contributed by atoms with van der Waals surface area (Å²) in [6.07, 6.45) is 4.16. The summed E-state index contributed by atoms with van der Waals surface area (Å²) in [5.74, 6) is 0.675. The first-order valence-electron chi connectivity index (χ1n) is 9.08. The van der Waals surface area contributed by atoms with E-state index in [1.165, 1.54) is 36.9 Å². The largest absolute Gasteiger partial charge is 0.479 e. The Morgan fingerprint density at radius 1 is 1.29 bits per heavy atom. The number of carbonyl (C=O) groups excluding carboxylic acids is 1. The quantitative estimate of drug-likeness (QED) is 0.721. The second-order valence-electron chi connectivity index (χ2n) is 6.75. The number of fused-ring (bicyclic) bond motifs is 1. The Balaban J connectivity index is 1.33. The number of urea groups is 1. The van der Waals surface area contributed by atoms with Gasteiger partial charge in [-0.25, -0.2) is 19.2 Å². The van der Waals surface area contributed by atoms with Gasteiger partial charge in [0.15, 0.2) is 15.5 Å². The minimum absolute atomic E-state index is 0.161. The van der Waals surface area contributed by atoms with E-state index in [1.54, 1.807) is 4.90 Å². The van der Waals surface area contributed by atoms with Gasteiger partial charge in [0.2, 0.25) is 5.88 Å². The van der Waals surface area contributed by atoms with Crippen LogP contribution in [0, 0.1) is 11.7 Å². The average Bonchev–Trinajstić information content (AvgIpc) is 3.12. The fourth-order valence-electron chi connectivity index (χ4n) is 3.40. The maximum Gasteiger partial charge on any atom is 0.323 e. The summed E-state index contributed by atoms with van der Waals surface area (Å²) in [6.45, 7) is 1.37. The Kier molecular flexibility index (Phi) is 5.34. The van der Waals surface area contributed by atoms with Gasteiger partial charge >= 0.3 is 6.03 Å². The lowest BCUT2D eigenvalue weighted by atomic mass is 9.90. The molecule has 1 aliphatic heterocycles. The first-order valence-corrected chi connectivity index (χ1v) is 9.90. The van der Waals surface area contributed by atoms with Gasteiger partial charge in [-0.05, 0) is 42.9 Å². The van der Waals surface area contributed by atoms with Crippen molar-refractivity contribution >= 4 is 32.8 Å². The number of anilines is 1. The number of likely N-dealkylation sites (tertiary alicyclic amines) is 1. The van der Waals surface area contributed by atoms with Gasteiger partial charge in [-0.15, -0.1) is 0 Å². The summed E-state index contributed by atoms with van der Waals surface area (Å²) in [4.78, 5) is 27.6. The molecule has 146 valence electrons. The van der Waals surface area contributed by atoms with Crippen LogP contribution in [-0.4, -0.2) is 46.1 Å². The van der Waals surface area contributed by atoms with Crippen molar-refractivity contribution in [1.82, 2.24) is 19.9 Å². The number of hydrogen-bond acceptors (Lipinski definition) is 6. The van der Waals surface area contributed by atoms with Crippen molar-refractivity contribution < 1.29 is 13.9 Å². The van der Waals surface area contributed by atoms with Crippen molar-refractivity contribution in [2.45, 2.75) is 19.3 Å². The summed E-state index contributed by atoms with van der Waals surface area (Å²) in [7, 11) is 1.52. The number of halogens is 1. The molecule has 0 radical (unpaired) electrons. The van der Waals surface area contributed by atoms with Crippen LogP contribution in [0.15, 0.2) is 30.6 Å². The van der Waals surface area contributed by atoms with E-state index in [9.17, 15) is 9.18 Å². The van der Waals surface area contributed by atoms with E-state index in [0.29, 0.717) is 40.4 Å². The van der Waals surface area contributed by atoms with Crippen molar-refractivity contribution in [3.05, 3.63) is 42.0 Å². The molecule has 3 heterocycles. The Morgan fingerprint density at radius 2 is 2.04 bits per heavy atom. The first-order chi connectivity index (χ1) is 13.6. The van der Waals surface area contributed by atoms with Gasteiger partial charge in [-0.1, -0.05) is 23.5 Å². The van der Waals surface area contributed by atoms with Gasteiger partial charge in [0.25, 0.3) is 0 Å². The van der Waals surface area contributed by atoms with Crippen LogP contribution in [0.4, 0.5) is 14.3 Å². The number of benzene rings is 1. The monoisotopic (exact) mass is 401 g/mol. The lowest BCUT2D eigenvalue weighted by Crippen LogP contribution is -2.41. The summed E-state index contributed by atoms with van der Waals surface area (Å²) in [6, 6.07) is 6.49. The Bertz CT molecular complexity index is 970. The van der Waals surface area contributed by atoms with E-state index >= 15 is 0 Å². The topological polar surface area (TPSA) is 80.2 Å². The van der Waals surface area contributed by atoms with Gasteiger partial charge in [-0.2, -0.15) is 4.98 Å². The molecule has 0 atom stereocenters. The van der Waals surface area contributed by atoms with E-state index in [4.69, 9.17) is 4.74 Å². The number of nitrogens with zero attached hydrogens (tertiary/aromatic N) is 4. The van der Waals surface area contributed by atoms with E-state index in [0.717, 1.165) is 24.8 Å². The summed E-state index contributed by atoms with van der Waals surface area (Å²) in [5.41, 5.74) is 1.68. The Morgan fingerprint density at radius 3 is 2.75 bits per heavy atom. The average molecular weight is 401 g/mol. The van der Waals surface area contributed by atoms with Gasteiger partial charge in [0.05, 0.1) is 7.11 Å². The van der Waals surface area contributed by atoms with Crippen molar-refractivity contribution in [2.75, 3.05) is 25.5 Å². The molecule has 7 nitrogen and oxygen atoms in total. The Labute approximate surface area is 165 Å². The lowest BCUT2D eigenvalue weighted by Gasteiger charge is -2.31. The van der Waals surface area contributed by atoms with Crippen LogP contribution in [0.2, 0.25) is 0 Å². The van der Waals surface area contributed by atoms with Crippen molar-refractivity contribution in [2.24, 2.45) is 5.92 Å². The Hall–Kier alpha value is -2.81. The van der Waals surface area contributed by atoms with Crippen LogP contribution < -0.4 is 10.1 Å².